The molecule has 0 aliphatic carbocycles. The van der Waals surface area contributed by atoms with E-state index < -0.39 is 15.6 Å². The second-order valence-corrected chi connectivity index (χ2v) is 8.16. The Morgan fingerprint density at radius 2 is 2.04 bits per heavy atom. The summed E-state index contributed by atoms with van der Waals surface area (Å²) in [6.45, 7) is 1.70. The van der Waals surface area contributed by atoms with E-state index in [1.165, 1.54) is 7.05 Å². The summed E-state index contributed by atoms with van der Waals surface area (Å²) in [6, 6.07) is 5.67. The lowest BCUT2D eigenvalue weighted by atomic mass is 9.84. The molecule has 1 aromatic carbocycles. The van der Waals surface area contributed by atoms with Gasteiger partial charge in [0.05, 0.1) is 5.60 Å². The van der Waals surface area contributed by atoms with Crippen LogP contribution >= 0.6 is 0 Å². The topological polar surface area (TPSA) is 85.4 Å². The molecule has 0 atom stereocenters. The number of nitrogens with zero attached hydrogens (tertiary/aromatic N) is 1. The van der Waals surface area contributed by atoms with Gasteiger partial charge in [-0.25, -0.2) is 13.1 Å². The number of hydrogen-bond donors (Lipinski definition) is 3. The number of hydrogen-bond acceptors (Lipinski definition) is 4. The molecule has 0 unspecified atom stereocenters. The van der Waals surface area contributed by atoms with E-state index in [0.717, 1.165) is 40.5 Å². The van der Waals surface area contributed by atoms with Crippen LogP contribution in [0.4, 0.5) is 0 Å². The Hall–Kier alpha value is -1.67. The number of nitrogens with one attached hydrogen (secondary N) is 2. The van der Waals surface area contributed by atoms with E-state index in [2.05, 4.69) is 21.7 Å². The zero-order valence-corrected chi connectivity index (χ0v) is 14.7. The van der Waals surface area contributed by atoms with Crippen LogP contribution in [0.1, 0.15) is 24.0 Å². The zero-order chi connectivity index (χ0) is 17.4. The van der Waals surface area contributed by atoms with Crippen molar-refractivity contribution in [2.24, 2.45) is 0 Å². The first-order valence-corrected chi connectivity index (χ1v) is 9.52. The molecule has 1 fully saturated rings. The van der Waals surface area contributed by atoms with Gasteiger partial charge in [-0.05, 0) is 50.7 Å². The van der Waals surface area contributed by atoms with E-state index in [1.54, 1.807) is 6.08 Å². The Balaban J connectivity index is 1.98. The van der Waals surface area contributed by atoms with E-state index in [4.69, 9.17) is 0 Å². The maximum atomic E-state index is 11.5. The third-order valence-corrected chi connectivity index (χ3v) is 5.81. The highest BCUT2D eigenvalue weighted by Crippen LogP contribution is 2.37. The second-order valence-electron chi connectivity index (χ2n) is 6.39. The molecular weight excluding hydrogens is 326 g/mol. The molecule has 7 heteroatoms. The second kappa shape index (κ2) is 6.33. The quantitative estimate of drug-likeness (QED) is 0.783. The lowest BCUT2D eigenvalue weighted by molar-refractivity contribution is -0.0190. The number of aromatic amines is 1. The number of sulfonamides is 1. The monoisotopic (exact) mass is 349 g/mol. The van der Waals surface area contributed by atoms with Gasteiger partial charge in [0.25, 0.3) is 0 Å². The van der Waals surface area contributed by atoms with Gasteiger partial charge in [-0.15, -0.1) is 0 Å². The minimum Gasteiger partial charge on any atom is -0.385 e. The number of aromatic nitrogens is 1. The molecule has 3 N–H and O–H groups in total. The lowest BCUT2D eigenvalue weighted by Crippen LogP contribution is -2.40. The van der Waals surface area contributed by atoms with Crippen LogP contribution < -0.4 is 4.72 Å². The molecule has 1 aliphatic rings. The summed E-state index contributed by atoms with van der Waals surface area (Å²) in [7, 11) is 0.0335. The maximum Gasteiger partial charge on any atom is 0.233 e. The Morgan fingerprint density at radius 1 is 1.33 bits per heavy atom. The van der Waals surface area contributed by atoms with Crippen molar-refractivity contribution in [3.63, 3.8) is 0 Å². The van der Waals surface area contributed by atoms with Gasteiger partial charge in [-0.2, -0.15) is 0 Å². The molecular formula is C17H23N3O3S. The van der Waals surface area contributed by atoms with Gasteiger partial charge >= 0.3 is 0 Å². The molecule has 2 aromatic rings. The van der Waals surface area contributed by atoms with Gasteiger partial charge in [-0.1, -0.05) is 6.07 Å². The Kier molecular flexibility index (Phi) is 4.52. The van der Waals surface area contributed by atoms with Gasteiger partial charge in [0.2, 0.25) is 10.0 Å². The molecule has 1 aliphatic heterocycles. The van der Waals surface area contributed by atoms with Crippen molar-refractivity contribution < 1.29 is 13.5 Å². The molecule has 6 nitrogen and oxygen atoms in total. The fourth-order valence-corrected chi connectivity index (χ4v) is 3.59. The SMILES string of the molecule is CNS(=O)(=O)/C=C/c1ccc2[nH]cc(C3(O)CCN(C)CC3)c2c1. The predicted molar refractivity (Wildman–Crippen MR) is 95.9 cm³/mol. The zero-order valence-electron chi connectivity index (χ0n) is 13.9. The molecule has 0 saturated carbocycles. The van der Waals surface area contributed by atoms with Crippen molar-refractivity contribution in [2.45, 2.75) is 18.4 Å². The summed E-state index contributed by atoms with van der Waals surface area (Å²) in [4.78, 5) is 5.41. The highest BCUT2D eigenvalue weighted by atomic mass is 32.2. The summed E-state index contributed by atoms with van der Waals surface area (Å²) in [5, 5.41) is 13.1. The van der Waals surface area contributed by atoms with Crippen LogP contribution in [0.3, 0.4) is 0 Å². The number of rotatable bonds is 4. The fraction of sp³-hybridized carbons (Fsp3) is 0.412. The van der Waals surface area contributed by atoms with E-state index in [1.807, 2.05) is 24.4 Å². The van der Waals surface area contributed by atoms with E-state index >= 15 is 0 Å². The largest absolute Gasteiger partial charge is 0.385 e. The molecule has 130 valence electrons. The average Bonchev–Trinajstić information content (AvgIpc) is 3.00. The van der Waals surface area contributed by atoms with Crippen molar-refractivity contribution in [3.05, 3.63) is 40.9 Å². The molecule has 0 spiro atoms. The van der Waals surface area contributed by atoms with Crippen molar-refractivity contribution in [2.75, 3.05) is 27.2 Å². The summed E-state index contributed by atoms with van der Waals surface area (Å²) < 4.78 is 25.3. The normalized spacial score (nSPS) is 19.3. The number of H-pyrrole nitrogens is 1. The molecule has 1 aromatic heterocycles. The van der Waals surface area contributed by atoms with Crippen LogP contribution in [0.2, 0.25) is 0 Å². The number of likely N-dealkylation sites (tertiary alicyclic amines) is 1. The van der Waals surface area contributed by atoms with Crippen LogP contribution in [-0.4, -0.2) is 50.6 Å². The molecule has 24 heavy (non-hydrogen) atoms. The van der Waals surface area contributed by atoms with E-state index in [9.17, 15) is 13.5 Å². The van der Waals surface area contributed by atoms with Crippen LogP contribution in [0.25, 0.3) is 17.0 Å². The van der Waals surface area contributed by atoms with E-state index in [-0.39, 0.29) is 0 Å². The van der Waals surface area contributed by atoms with Crippen LogP contribution in [0.5, 0.6) is 0 Å². The first-order chi connectivity index (χ1) is 11.3. The Morgan fingerprint density at radius 3 is 2.71 bits per heavy atom. The fourth-order valence-electron chi connectivity index (χ4n) is 3.12. The van der Waals surface area contributed by atoms with Crippen LogP contribution in [-0.2, 0) is 15.6 Å². The lowest BCUT2D eigenvalue weighted by Gasteiger charge is -2.36. The summed E-state index contributed by atoms with van der Waals surface area (Å²) in [5.74, 6) is 0. The number of benzene rings is 1. The van der Waals surface area contributed by atoms with Crippen molar-refractivity contribution in [1.29, 1.82) is 0 Å². The summed E-state index contributed by atoms with van der Waals surface area (Å²) in [6.07, 6.45) is 4.80. The molecule has 2 heterocycles. The Bertz CT molecular complexity index is 862. The molecule has 0 bridgehead atoms. The van der Waals surface area contributed by atoms with Crippen molar-refractivity contribution >= 4 is 27.0 Å². The van der Waals surface area contributed by atoms with Gasteiger partial charge < -0.3 is 15.0 Å². The van der Waals surface area contributed by atoms with Crippen molar-refractivity contribution in [3.8, 4) is 0 Å². The van der Waals surface area contributed by atoms with Gasteiger partial charge in [0, 0.05) is 41.2 Å². The predicted octanol–water partition coefficient (Wildman–Crippen LogP) is 1.60. The minimum atomic E-state index is -3.40. The van der Waals surface area contributed by atoms with Gasteiger partial charge in [0.1, 0.15) is 0 Å². The third kappa shape index (κ3) is 3.39. The van der Waals surface area contributed by atoms with Crippen molar-refractivity contribution in [1.82, 2.24) is 14.6 Å². The Labute approximate surface area is 142 Å². The number of fused-ring (bicyclic) bond motifs is 1. The van der Waals surface area contributed by atoms with Crippen LogP contribution in [0.15, 0.2) is 29.8 Å². The summed E-state index contributed by atoms with van der Waals surface area (Å²) in [5.41, 5.74) is 1.76. The molecule has 0 amide bonds. The van der Waals surface area contributed by atoms with Gasteiger partial charge in [-0.3, -0.25) is 0 Å². The molecule has 1 saturated heterocycles. The summed E-state index contributed by atoms with van der Waals surface area (Å²) >= 11 is 0. The first kappa shape index (κ1) is 17.2. The standard InChI is InChI=1S/C17H23N3O3S/c1-18-24(22,23)10-5-13-3-4-16-14(11-13)15(12-19-16)17(21)6-8-20(2)9-7-17/h3-5,10-12,18-19,21H,6-9H2,1-2H3/b10-5+. The first-order valence-electron chi connectivity index (χ1n) is 7.97. The van der Waals surface area contributed by atoms with E-state index in [0.29, 0.717) is 12.8 Å². The van der Waals surface area contributed by atoms with Gasteiger partial charge in [0.15, 0.2) is 0 Å². The maximum absolute atomic E-state index is 11.5. The average molecular weight is 349 g/mol. The minimum absolute atomic E-state index is 0.685. The van der Waals surface area contributed by atoms with Crippen LogP contribution in [0, 0.1) is 0 Å². The highest BCUT2D eigenvalue weighted by Gasteiger charge is 2.34. The molecule has 3 rings (SSSR count). The highest BCUT2D eigenvalue weighted by molar-refractivity contribution is 7.92. The molecule has 0 radical (unpaired) electrons. The smallest absolute Gasteiger partial charge is 0.233 e. The third-order valence-electron chi connectivity index (χ3n) is 4.75. The number of aliphatic hydroxyl groups is 1. The number of piperidine rings is 1.